The van der Waals surface area contributed by atoms with Gasteiger partial charge in [-0.3, -0.25) is 4.90 Å². The van der Waals surface area contributed by atoms with Gasteiger partial charge >= 0.3 is 6.09 Å². The number of allylic oxidation sites excluding steroid dienone is 2. The van der Waals surface area contributed by atoms with E-state index in [-0.39, 0.29) is 6.09 Å². The van der Waals surface area contributed by atoms with Gasteiger partial charge in [0.15, 0.2) is 0 Å². The molecule has 1 fully saturated rings. The van der Waals surface area contributed by atoms with E-state index >= 15 is 0 Å². The lowest BCUT2D eigenvalue weighted by atomic mass is 10.0. The molecular weight excluding hydrogens is 226 g/mol. The predicted molar refractivity (Wildman–Crippen MR) is 71.9 cm³/mol. The van der Waals surface area contributed by atoms with Crippen LogP contribution in [0.3, 0.4) is 0 Å². The summed E-state index contributed by atoms with van der Waals surface area (Å²) in [6.45, 7) is 6.86. The summed E-state index contributed by atoms with van der Waals surface area (Å²) in [5, 5.41) is 0. The zero-order valence-electron chi connectivity index (χ0n) is 10.6. The quantitative estimate of drug-likeness (QED) is 0.758. The average Bonchev–Trinajstić information content (AvgIpc) is 2.82. The van der Waals surface area contributed by atoms with Gasteiger partial charge in [0.1, 0.15) is 6.61 Å². The van der Waals surface area contributed by atoms with Crippen molar-refractivity contribution in [2.24, 2.45) is 0 Å². The highest BCUT2D eigenvalue weighted by Gasteiger charge is 2.26. The van der Waals surface area contributed by atoms with Crippen molar-refractivity contribution in [2.75, 3.05) is 13.2 Å². The van der Waals surface area contributed by atoms with E-state index in [2.05, 4.69) is 6.58 Å². The summed E-state index contributed by atoms with van der Waals surface area (Å²) >= 11 is 0. The van der Waals surface area contributed by atoms with E-state index < -0.39 is 0 Å². The summed E-state index contributed by atoms with van der Waals surface area (Å²) in [6.07, 6.45) is 2.21. The predicted octanol–water partition coefficient (Wildman–Crippen LogP) is 3.45. The third-order valence-electron chi connectivity index (χ3n) is 3.06. The number of hydrogen-bond donors (Lipinski definition) is 0. The minimum Gasteiger partial charge on any atom is -0.447 e. The first kappa shape index (κ1) is 12.4. The highest BCUT2D eigenvalue weighted by atomic mass is 16.6. The van der Waals surface area contributed by atoms with Gasteiger partial charge in [0.05, 0.1) is 6.54 Å². The van der Waals surface area contributed by atoms with E-state index in [1.54, 1.807) is 4.90 Å². The summed E-state index contributed by atoms with van der Waals surface area (Å²) in [5.74, 6) is 0. The largest absolute Gasteiger partial charge is 0.447 e. The number of amides is 1. The molecule has 18 heavy (non-hydrogen) atoms. The molecule has 0 saturated carbocycles. The summed E-state index contributed by atoms with van der Waals surface area (Å²) < 4.78 is 5.00. The molecule has 1 aliphatic rings. The van der Waals surface area contributed by atoms with E-state index in [1.165, 1.54) is 0 Å². The topological polar surface area (TPSA) is 29.5 Å². The van der Waals surface area contributed by atoms with Gasteiger partial charge in [0.2, 0.25) is 0 Å². The average molecular weight is 243 g/mol. The van der Waals surface area contributed by atoms with Crippen molar-refractivity contribution < 1.29 is 9.53 Å². The van der Waals surface area contributed by atoms with Crippen LogP contribution in [0.25, 0.3) is 5.57 Å². The normalized spacial score (nSPS) is 16.3. The lowest BCUT2D eigenvalue weighted by Gasteiger charge is -2.19. The van der Waals surface area contributed by atoms with Crippen molar-refractivity contribution in [1.82, 2.24) is 4.90 Å². The molecule has 1 heterocycles. The minimum absolute atomic E-state index is 0.262. The van der Waals surface area contributed by atoms with Gasteiger partial charge in [-0.1, -0.05) is 36.4 Å². The number of benzene rings is 1. The summed E-state index contributed by atoms with van der Waals surface area (Å²) in [6, 6.07) is 10.0. The molecule has 0 aromatic heterocycles. The molecular formula is C15H17NO2. The molecule has 0 aliphatic carbocycles. The third kappa shape index (κ3) is 2.45. The Labute approximate surface area is 107 Å². The van der Waals surface area contributed by atoms with Gasteiger partial charge in [-0.15, -0.1) is 6.58 Å². The van der Waals surface area contributed by atoms with E-state index in [0.717, 1.165) is 16.8 Å². The number of carbonyl (C=O) groups excluding carboxylic acids is 1. The van der Waals surface area contributed by atoms with Crippen molar-refractivity contribution >= 4 is 11.7 Å². The molecule has 0 spiro atoms. The van der Waals surface area contributed by atoms with Crippen LogP contribution in [-0.4, -0.2) is 24.1 Å². The first-order valence-corrected chi connectivity index (χ1v) is 6.04. The van der Waals surface area contributed by atoms with Crippen molar-refractivity contribution in [1.29, 1.82) is 0 Å². The van der Waals surface area contributed by atoms with Gasteiger partial charge in [0.25, 0.3) is 0 Å². The number of ether oxygens (including phenoxy) is 1. The number of carbonyl (C=O) groups is 1. The Bertz CT molecular complexity index is 477. The second-order valence-corrected chi connectivity index (χ2v) is 4.20. The Hall–Kier alpha value is -2.03. The standard InChI is InChI=1S/C15H17NO2/c1-3-7-14(16-10-11-18-15(16)17)12(2)13-8-5-4-6-9-13/h3-6,8-9H,1,7,10-11H2,2H3/b14-12-. The molecule has 1 saturated heterocycles. The van der Waals surface area contributed by atoms with Crippen LogP contribution in [0.4, 0.5) is 4.79 Å². The molecule has 1 amide bonds. The first-order chi connectivity index (χ1) is 8.74. The van der Waals surface area contributed by atoms with Gasteiger partial charge < -0.3 is 4.74 Å². The van der Waals surface area contributed by atoms with Gasteiger partial charge in [-0.2, -0.15) is 0 Å². The molecule has 1 aromatic carbocycles. The van der Waals surface area contributed by atoms with Crippen molar-refractivity contribution in [3.63, 3.8) is 0 Å². The van der Waals surface area contributed by atoms with Crippen LogP contribution in [-0.2, 0) is 4.74 Å². The van der Waals surface area contributed by atoms with Crippen LogP contribution < -0.4 is 0 Å². The maximum Gasteiger partial charge on any atom is 0.414 e. The number of hydrogen-bond acceptors (Lipinski definition) is 2. The molecule has 1 aromatic rings. The number of cyclic esters (lactones) is 1. The van der Waals surface area contributed by atoms with E-state index in [0.29, 0.717) is 19.6 Å². The Balaban J connectivity index is 2.39. The van der Waals surface area contributed by atoms with Gasteiger partial charge in [0, 0.05) is 12.1 Å². The molecule has 1 aliphatic heterocycles. The lowest BCUT2D eigenvalue weighted by molar-refractivity contribution is 0.164. The molecule has 94 valence electrons. The summed E-state index contributed by atoms with van der Waals surface area (Å²) in [4.78, 5) is 13.4. The Morgan fingerprint density at radius 1 is 1.44 bits per heavy atom. The molecule has 2 rings (SSSR count). The Morgan fingerprint density at radius 2 is 2.17 bits per heavy atom. The maximum atomic E-state index is 11.7. The molecule has 0 N–H and O–H groups in total. The van der Waals surface area contributed by atoms with Crippen LogP contribution in [0.5, 0.6) is 0 Å². The van der Waals surface area contributed by atoms with Crippen LogP contribution in [0, 0.1) is 0 Å². The van der Waals surface area contributed by atoms with Gasteiger partial charge in [-0.25, -0.2) is 4.79 Å². The van der Waals surface area contributed by atoms with Crippen LogP contribution in [0.15, 0.2) is 48.7 Å². The summed E-state index contributed by atoms with van der Waals surface area (Å²) in [5.41, 5.74) is 3.18. The Kier molecular flexibility index (Phi) is 3.82. The highest BCUT2D eigenvalue weighted by Crippen LogP contribution is 2.25. The smallest absolute Gasteiger partial charge is 0.414 e. The summed E-state index contributed by atoms with van der Waals surface area (Å²) in [7, 11) is 0. The highest BCUT2D eigenvalue weighted by molar-refractivity contribution is 5.77. The molecule has 0 unspecified atom stereocenters. The fraction of sp³-hybridized carbons (Fsp3) is 0.267. The van der Waals surface area contributed by atoms with Crippen LogP contribution in [0.2, 0.25) is 0 Å². The fourth-order valence-electron chi connectivity index (χ4n) is 2.10. The second-order valence-electron chi connectivity index (χ2n) is 4.20. The van der Waals surface area contributed by atoms with Crippen LogP contribution in [0.1, 0.15) is 18.9 Å². The van der Waals surface area contributed by atoms with Crippen molar-refractivity contribution in [2.45, 2.75) is 13.3 Å². The lowest BCUT2D eigenvalue weighted by Crippen LogP contribution is -2.24. The number of rotatable bonds is 4. The number of nitrogens with zero attached hydrogens (tertiary/aromatic N) is 1. The first-order valence-electron chi connectivity index (χ1n) is 6.04. The molecule has 3 heteroatoms. The van der Waals surface area contributed by atoms with E-state index in [4.69, 9.17) is 4.74 Å². The zero-order chi connectivity index (χ0) is 13.0. The third-order valence-corrected chi connectivity index (χ3v) is 3.06. The fourth-order valence-corrected chi connectivity index (χ4v) is 2.10. The molecule has 0 atom stereocenters. The second kappa shape index (κ2) is 5.54. The Morgan fingerprint density at radius 3 is 2.72 bits per heavy atom. The minimum atomic E-state index is -0.262. The van der Waals surface area contributed by atoms with E-state index in [9.17, 15) is 4.79 Å². The molecule has 0 radical (unpaired) electrons. The molecule has 0 bridgehead atoms. The molecule has 3 nitrogen and oxygen atoms in total. The zero-order valence-corrected chi connectivity index (χ0v) is 10.6. The van der Waals surface area contributed by atoms with Crippen LogP contribution >= 0.6 is 0 Å². The van der Waals surface area contributed by atoms with E-state index in [1.807, 2.05) is 43.3 Å². The van der Waals surface area contributed by atoms with Crippen molar-refractivity contribution in [3.8, 4) is 0 Å². The van der Waals surface area contributed by atoms with Crippen molar-refractivity contribution in [3.05, 3.63) is 54.2 Å². The van der Waals surface area contributed by atoms with Gasteiger partial charge in [-0.05, 0) is 18.1 Å². The maximum absolute atomic E-state index is 11.7. The SMILES string of the molecule is C=CC/C(=C(\C)c1ccccc1)N1CCOC1=O. The monoisotopic (exact) mass is 243 g/mol.